The average molecular weight is 1010 g/mol. The van der Waals surface area contributed by atoms with E-state index in [1.165, 1.54) is 113 Å². The van der Waals surface area contributed by atoms with E-state index in [0.717, 1.165) is 0 Å². The highest BCUT2D eigenvalue weighted by molar-refractivity contribution is 7.20. The van der Waals surface area contributed by atoms with Crippen molar-refractivity contribution in [2.75, 3.05) is 0 Å². The summed E-state index contributed by atoms with van der Waals surface area (Å²) >= 11 is 0. The maximum absolute atomic E-state index is 3.07. The zero-order valence-electron chi connectivity index (χ0n) is 42.5. The number of rotatable bonds is 10. The molecule has 1 nitrogen and oxygen atoms in total. The summed E-state index contributed by atoms with van der Waals surface area (Å²) in [6, 6.07) is 118. The van der Waals surface area contributed by atoms with Gasteiger partial charge in [-0.2, -0.15) is 0 Å². The van der Waals surface area contributed by atoms with Gasteiger partial charge in [-0.1, -0.05) is 291 Å². The van der Waals surface area contributed by atoms with Crippen molar-refractivity contribution in [1.82, 2.24) is 4.57 Å². The van der Waals surface area contributed by atoms with Crippen molar-refractivity contribution in [3.05, 3.63) is 343 Å². The van der Waals surface area contributed by atoms with E-state index in [2.05, 4.69) is 314 Å². The first-order valence-corrected chi connectivity index (χ1v) is 31.1. The molecule has 0 N–H and O–H groups in total. The largest absolute Gasteiger partial charge is 0.309 e. The number of aromatic nitrogens is 1. The van der Waals surface area contributed by atoms with Crippen LogP contribution in [0.25, 0.3) is 38.6 Å². The molecule has 0 saturated carbocycles. The monoisotopic (exact) mass is 1010 g/mol. The molecule has 77 heavy (non-hydrogen) atoms. The molecule has 362 valence electrons. The highest BCUT2D eigenvalue weighted by Gasteiger charge is 2.50. The smallest absolute Gasteiger partial charge is 0.179 e. The normalized spacial score (nSPS) is 14.5. The lowest BCUT2D eigenvalue weighted by molar-refractivity contribution is 0.752. The number of hydrogen-bond donors (Lipinski definition) is 0. The molecule has 0 amide bonds. The van der Waals surface area contributed by atoms with Gasteiger partial charge in [0.25, 0.3) is 0 Å². The molecule has 1 aromatic heterocycles. The molecule has 12 aromatic carbocycles. The maximum atomic E-state index is 2.62. The van der Waals surface area contributed by atoms with Gasteiger partial charge in [0.1, 0.15) is 0 Å². The Kier molecular flexibility index (Phi) is 10.8. The molecule has 1 heterocycles. The van der Waals surface area contributed by atoms with E-state index in [9.17, 15) is 0 Å². The van der Waals surface area contributed by atoms with Gasteiger partial charge in [0.05, 0.1) is 16.7 Å². The van der Waals surface area contributed by atoms with E-state index in [1.54, 1.807) is 0 Å². The van der Waals surface area contributed by atoms with Crippen LogP contribution in [0.1, 0.15) is 45.2 Å². The van der Waals surface area contributed by atoms with Crippen LogP contribution in [-0.2, 0) is 0 Å². The molecular formula is C74H53NSi2. The van der Waals surface area contributed by atoms with Gasteiger partial charge in [-0.25, -0.2) is 0 Å². The molecule has 0 fully saturated rings. The van der Waals surface area contributed by atoms with E-state index in [-0.39, 0.29) is 11.8 Å². The highest BCUT2D eigenvalue weighted by Crippen LogP contribution is 2.57. The molecule has 13 aromatic rings. The number of para-hydroxylation sites is 1. The Morgan fingerprint density at radius 2 is 0.649 bits per heavy atom. The number of nitrogens with zero attached hydrogens (tertiary/aromatic N) is 1. The van der Waals surface area contributed by atoms with Gasteiger partial charge in [-0.05, 0) is 104 Å². The van der Waals surface area contributed by atoms with E-state index in [0.29, 0.717) is 0 Å². The topological polar surface area (TPSA) is 4.93 Å². The van der Waals surface area contributed by atoms with Crippen molar-refractivity contribution in [2.24, 2.45) is 0 Å². The standard InChI is InChI=1S/C74H53NSi2/c1-7-25-52(26-8-1)53-45-47-59(48-46-53)77(57-33-15-5-16-34-57,58-35-17-6-18-36-58)70-44-24-41-65-71-62-38-19-20-39-63(62)74(73(65)70)72-64(71)40-23-43-69(72)75-67-42-22-21-37-61(67)66-51-60(49-50-68(66)75)76(54-27-9-2-10-28-54,55-29-11-3-12-30-55)56-31-13-4-14-32-56/h1-51,71,74H. The molecule has 3 aliphatic carbocycles. The fraction of sp³-hybridized carbons (Fsp3) is 0.0270. The maximum Gasteiger partial charge on any atom is 0.179 e. The first kappa shape index (κ1) is 45.3. The van der Waals surface area contributed by atoms with Crippen LogP contribution in [0.4, 0.5) is 0 Å². The Balaban J connectivity index is 0.999. The van der Waals surface area contributed by atoms with Crippen LogP contribution >= 0.6 is 0 Å². The molecule has 0 aliphatic heterocycles. The van der Waals surface area contributed by atoms with E-state index < -0.39 is 16.1 Å². The lowest BCUT2D eigenvalue weighted by Gasteiger charge is -2.47. The summed E-state index contributed by atoms with van der Waals surface area (Å²) in [6.45, 7) is 0. The van der Waals surface area contributed by atoms with Crippen LogP contribution in [0.2, 0.25) is 0 Å². The minimum Gasteiger partial charge on any atom is -0.309 e. The van der Waals surface area contributed by atoms with Crippen LogP contribution < -0.4 is 41.5 Å². The predicted octanol–water partition coefficient (Wildman–Crippen LogP) is 12.2. The summed E-state index contributed by atoms with van der Waals surface area (Å²) < 4.78 is 2.62. The summed E-state index contributed by atoms with van der Waals surface area (Å²) in [6.07, 6.45) is 0. The minimum atomic E-state index is -3.07. The van der Waals surface area contributed by atoms with Crippen LogP contribution in [0, 0.1) is 0 Å². The molecule has 2 bridgehead atoms. The van der Waals surface area contributed by atoms with Crippen LogP contribution in [0.5, 0.6) is 0 Å². The van der Waals surface area contributed by atoms with Crippen molar-refractivity contribution < 1.29 is 0 Å². The molecule has 0 spiro atoms. The van der Waals surface area contributed by atoms with Crippen molar-refractivity contribution in [3.8, 4) is 16.8 Å². The number of fused-ring (bicyclic) bond motifs is 3. The molecular weight excluding hydrogens is 959 g/mol. The summed E-state index contributed by atoms with van der Waals surface area (Å²) in [7, 11) is -5.89. The van der Waals surface area contributed by atoms with Gasteiger partial charge in [-0.3, -0.25) is 0 Å². The summed E-state index contributed by atoms with van der Waals surface area (Å²) in [4.78, 5) is 0. The Bertz CT molecular complexity index is 4170. The predicted molar refractivity (Wildman–Crippen MR) is 328 cm³/mol. The van der Waals surface area contributed by atoms with Crippen LogP contribution in [-0.4, -0.2) is 20.7 Å². The Labute approximate surface area is 452 Å². The second-order valence-electron chi connectivity index (χ2n) is 20.9. The fourth-order valence-electron chi connectivity index (χ4n) is 14.2. The van der Waals surface area contributed by atoms with Crippen molar-refractivity contribution in [1.29, 1.82) is 0 Å². The summed E-state index contributed by atoms with van der Waals surface area (Å²) in [5.41, 5.74) is 14.7. The molecule has 2 unspecified atom stereocenters. The third kappa shape index (κ3) is 6.77. The molecule has 3 heteroatoms. The summed E-state index contributed by atoms with van der Waals surface area (Å²) in [5.74, 6) is 0.0370. The van der Waals surface area contributed by atoms with Crippen molar-refractivity contribution >= 4 is 79.4 Å². The minimum absolute atomic E-state index is 0.0266. The second-order valence-corrected chi connectivity index (χ2v) is 28.5. The number of benzene rings is 12. The van der Waals surface area contributed by atoms with Gasteiger partial charge in [0.2, 0.25) is 0 Å². The van der Waals surface area contributed by atoms with Crippen LogP contribution in [0.3, 0.4) is 0 Å². The highest BCUT2D eigenvalue weighted by atomic mass is 28.3. The van der Waals surface area contributed by atoms with Crippen LogP contribution in [0.15, 0.2) is 309 Å². The van der Waals surface area contributed by atoms with Crippen molar-refractivity contribution in [3.63, 3.8) is 0 Å². The lowest BCUT2D eigenvalue weighted by atomic mass is 9.60. The Hall–Kier alpha value is -9.13. The van der Waals surface area contributed by atoms with E-state index >= 15 is 0 Å². The van der Waals surface area contributed by atoms with Gasteiger partial charge in [0.15, 0.2) is 16.1 Å². The third-order valence-corrected chi connectivity index (χ3v) is 26.9. The van der Waals surface area contributed by atoms with Gasteiger partial charge in [0, 0.05) is 22.6 Å². The first-order valence-electron chi connectivity index (χ1n) is 27.1. The number of hydrogen-bond acceptors (Lipinski definition) is 0. The fourth-order valence-corrected chi connectivity index (χ4v) is 24.0. The Morgan fingerprint density at radius 3 is 1.22 bits per heavy atom. The van der Waals surface area contributed by atoms with Gasteiger partial charge >= 0.3 is 0 Å². The molecule has 3 aliphatic rings. The Morgan fingerprint density at radius 1 is 0.247 bits per heavy atom. The lowest BCUT2D eigenvalue weighted by Crippen LogP contribution is -2.75. The molecule has 0 saturated heterocycles. The third-order valence-electron chi connectivity index (χ3n) is 17.3. The zero-order chi connectivity index (χ0) is 50.9. The zero-order valence-corrected chi connectivity index (χ0v) is 44.5. The van der Waals surface area contributed by atoms with Crippen molar-refractivity contribution in [2.45, 2.75) is 11.8 Å². The first-order chi connectivity index (χ1) is 38.2. The molecule has 2 atom stereocenters. The molecule has 16 rings (SSSR count). The average Bonchev–Trinajstić information content (AvgIpc) is 4.03. The van der Waals surface area contributed by atoms with Gasteiger partial charge in [-0.15, -0.1) is 0 Å². The summed E-state index contributed by atoms with van der Waals surface area (Å²) in [5, 5.41) is 13.6. The second kappa shape index (κ2) is 18.3. The quantitative estimate of drug-likeness (QED) is 0.0950. The van der Waals surface area contributed by atoms with Gasteiger partial charge < -0.3 is 4.57 Å². The van der Waals surface area contributed by atoms with E-state index in [4.69, 9.17) is 0 Å². The molecule has 0 radical (unpaired) electrons. The SMILES string of the molecule is c1ccc(-c2ccc([Si](c3ccccc3)(c3ccccc3)c3cccc4c3C3c5ccccc5C4c4cccc(-n5c6ccccc6c6cc([Si](c7ccccc7)(c7ccccc7)c7ccccc7)ccc65)c43)cc2)cc1. The van der Waals surface area contributed by atoms with E-state index in [1.807, 2.05) is 0 Å².